The summed E-state index contributed by atoms with van der Waals surface area (Å²) in [5, 5.41) is 0.799. The Bertz CT molecular complexity index is 188. The van der Waals surface area contributed by atoms with Crippen molar-refractivity contribution in [2.75, 3.05) is 0 Å². The number of rotatable bonds is 1. The van der Waals surface area contributed by atoms with Crippen molar-refractivity contribution in [2.45, 2.75) is 13.8 Å². The molecule has 0 amide bonds. The quantitative estimate of drug-likeness (QED) is 0.439. The Morgan fingerprint density at radius 3 is 1.78 bits per heavy atom. The summed E-state index contributed by atoms with van der Waals surface area (Å²) >= 11 is 0. The summed E-state index contributed by atoms with van der Waals surface area (Å²) in [6.45, 7) is 3.18. The Kier molecular flexibility index (Phi) is 6.12. The summed E-state index contributed by atoms with van der Waals surface area (Å²) in [6.07, 6.45) is 0. The Labute approximate surface area is 77.2 Å². The number of allylic oxidation sites excluding steroid dienone is 1. The molecule has 0 aromatic carbocycles. The second-order valence-corrected chi connectivity index (χ2v) is 2.98. The van der Waals surface area contributed by atoms with Gasteiger partial charge in [0.2, 0.25) is 0 Å². The van der Waals surface area contributed by atoms with E-state index in [2.05, 4.69) is 0 Å². The van der Waals surface area contributed by atoms with Crippen molar-refractivity contribution < 1.29 is 13.0 Å². The molecule has 0 aliphatic rings. The third-order valence-corrected chi connectivity index (χ3v) is 1.15. The second-order valence-electron chi connectivity index (χ2n) is 1.71. The molecule has 0 radical (unpaired) electrons. The molecule has 0 bridgehead atoms. The van der Waals surface area contributed by atoms with Gasteiger partial charge in [0, 0.05) is 0 Å². The molecule has 0 saturated carbocycles. The molecule has 0 aromatic rings. The van der Waals surface area contributed by atoms with E-state index >= 15 is 0 Å². The fraction of sp³-hybridized carbons (Fsp3) is 0.500. The Morgan fingerprint density at radius 2 is 1.78 bits per heavy atom. The third-order valence-electron chi connectivity index (χ3n) is 0.385. The van der Waals surface area contributed by atoms with Crippen LogP contribution >= 0.6 is 0 Å². The van der Waals surface area contributed by atoms with Gasteiger partial charge >= 0.3 is 29.6 Å². The van der Waals surface area contributed by atoms with Crippen molar-refractivity contribution in [3.05, 3.63) is 11.0 Å². The molecule has 0 aliphatic heterocycles. The van der Waals surface area contributed by atoms with Gasteiger partial charge in [-0.1, -0.05) is 5.57 Å². The fourth-order valence-corrected chi connectivity index (χ4v) is 0.894. The first kappa shape index (κ1) is 12.3. The van der Waals surface area contributed by atoms with E-state index in [0.717, 1.165) is 5.41 Å². The molecule has 0 rings (SSSR count). The zero-order chi connectivity index (χ0) is 6.78. The molecule has 0 saturated heterocycles. The summed E-state index contributed by atoms with van der Waals surface area (Å²) in [4.78, 5) is 0. The van der Waals surface area contributed by atoms with E-state index in [0.29, 0.717) is 5.57 Å². The molecule has 0 aromatic heterocycles. The molecule has 3 nitrogen and oxygen atoms in total. The van der Waals surface area contributed by atoms with E-state index in [1.54, 1.807) is 13.8 Å². The summed E-state index contributed by atoms with van der Waals surface area (Å²) in [7, 11) is -3.89. The van der Waals surface area contributed by atoms with Crippen LogP contribution in [0, 0.1) is 0 Å². The standard InChI is InChI=1S/C4H8O3S.Na.H/c1-4(2)3-8(5,6)7;;/h3H,1-2H3,(H,5,6,7);;. The molecule has 5 heteroatoms. The van der Waals surface area contributed by atoms with Crippen molar-refractivity contribution in [3.8, 4) is 0 Å². The topological polar surface area (TPSA) is 54.4 Å². The van der Waals surface area contributed by atoms with Gasteiger partial charge in [0.15, 0.2) is 0 Å². The first-order valence-corrected chi connectivity index (χ1v) is 3.54. The molecular formula is C4H9NaO3S. The maximum atomic E-state index is 9.92. The zero-order valence-corrected chi connectivity index (χ0v) is 5.57. The Morgan fingerprint density at radius 1 is 1.44 bits per heavy atom. The van der Waals surface area contributed by atoms with E-state index in [-0.39, 0.29) is 29.6 Å². The van der Waals surface area contributed by atoms with Gasteiger partial charge < -0.3 is 0 Å². The van der Waals surface area contributed by atoms with Gasteiger partial charge in [0.05, 0.1) is 5.41 Å². The number of hydrogen-bond donors (Lipinski definition) is 1. The molecule has 0 spiro atoms. The van der Waals surface area contributed by atoms with Gasteiger partial charge in [-0.2, -0.15) is 8.42 Å². The van der Waals surface area contributed by atoms with Crippen molar-refractivity contribution in [1.29, 1.82) is 0 Å². The van der Waals surface area contributed by atoms with Crippen LogP contribution in [0.3, 0.4) is 0 Å². The summed E-state index contributed by atoms with van der Waals surface area (Å²) in [5.74, 6) is 0. The van der Waals surface area contributed by atoms with Crippen LogP contribution in [0.5, 0.6) is 0 Å². The third kappa shape index (κ3) is 12.0. The van der Waals surface area contributed by atoms with Crippen LogP contribution in [-0.2, 0) is 10.1 Å². The summed E-state index contributed by atoms with van der Waals surface area (Å²) < 4.78 is 27.9. The molecule has 50 valence electrons. The normalized spacial score (nSPS) is 9.67. The molecule has 0 fully saturated rings. The van der Waals surface area contributed by atoms with Crippen molar-refractivity contribution in [2.24, 2.45) is 0 Å². The minimum atomic E-state index is -3.89. The van der Waals surface area contributed by atoms with E-state index in [1.165, 1.54) is 0 Å². The average Bonchev–Trinajstić information content (AvgIpc) is 1.21. The molecule has 0 aliphatic carbocycles. The van der Waals surface area contributed by atoms with Crippen LogP contribution in [0.2, 0.25) is 0 Å². The van der Waals surface area contributed by atoms with E-state index < -0.39 is 10.1 Å². The van der Waals surface area contributed by atoms with Crippen LogP contribution in [0.15, 0.2) is 11.0 Å². The SMILES string of the molecule is CC(C)=CS(=O)(=O)O.[NaH]. The van der Waals surface area contributed by atoms with Gasteiger partial charge in [0.1, 0.15) is 0 Å². The Hall–Kier alpha value is 0.650. The van der Waals surface area contributed by atoms with Crippen LogP contribution in [0.25, 0.3) is 0 Å². The summed E-state index contributed by atoms with van der Waals surface area (Å²) in [6, 6.07) is 0. The van der Waals surface area contributed by atoms with Gasteiger partial charge in [-0.3, -0.25) is 4.55 Å². The van der Waals surface area contributed by atoms with Crippen molar-refractivity contribution in [3.63, 3.8) is 0 Å². The first-order valence-electron chi connectivity index (χ1n) is 2.04. The first-order chi connectivity index (χ1) is 3.42. The van der Waals surface area contributed by atoms with Crippen LogP contribution in [0.1, 0.15) is 13.8 Å². The second kappa shape index (κ2) is 4.46. The minimum absolute atomic E-state index is 0. The van der Waals surface area contributed by atoms with Gasteiger partial charge in [0.25, 0.3) is 10.1 Å². The molecular weight excluding hydrogens is 151 g/mol. The zero-order valence-electron chi connectivity index (χ0n) is 4.75. The predicted molar refractivity (Wildman–Crippen MR) is 38.1 cm³/mol. The Balaban J connectivity index is 0. The van der Waals surface area contributed by atoms with Crippen LogP contribution < -0.4 is 0 Å². The van der Waals surface area contributed by atoms with Gasteiger partial charge in [-0.05, 0) is 13.8 Å². The van der Waals surface area contributed by atoms with Gasteiger partial charge in [-0.25, -0.2) is 0 Å². The van der Waals surface area contributed by atoms with E-state index in [9.17, 15) is 8.42 Å². The van der Waals surface area contributed by atoms with E-state index in [1.807, 2.05) is 0 Å². The monoisotopic (exact) mass is 160 g/mol. The fourth-order valence-electron chi connectivity index (χ4n) is 0.298. The molecule has 0 heterocycles. The predicted octanol–water partition coefficient (Wildman–Crippen LogP) is 0.149. The molecule has 9 heavy (non-hydrogen) atoms. The van der Waals surface area contributed by atoms with Crippen molar-refractivity contribution >= 4 is 39.7 Å². The van der Waals surface area contributed by atoms with Crippen LogP contribution in [-0.4, -0.2) is 42.5 Å². The van der Waals surface area contributed by atoms with Crippen molar-refractivity contribution in [1.82, 2.24) is 0 Å². The molecule has 0 atom stereocenters. The summed E-state index contributed by atoms with van der Waals surface area (Å²) in [5.41, 5.74) is 0.563. The van der Waals surface area contributed by atoms with E-state index in [4.69, 9.17) is 4.55 Å². The van der Waals surface area contributed by atoms with Gasteiger partial charge in [-0.15, -0.1) is 0 Å². The molecule has 0 unspecified atom stereocenters. The number of hydrogen-bond acceptors (Lipinski definition) is 2. The maximum absolute atomic E-state index is 9.92. The molecule has 1 N–H and O–H groups in total. The van der Waals surface area contributed by atoms with Crippen LogP contribution in [0.4, 0.5) is 0 Å². The average molecular weight is 160 g/mol.